The highest BCUT2D eigenvalue weighted by Crippen LogP contribution is 2.24. The number of amides is 1. The number of carbonyl (C=O) groups excluding carboxylic acids is 1. The van der Waals surface area contributed by atoms with Crippen molar-refractivity contribution in [3.8, 4) is 0 Å². The average Bonchev–Trinajstić information content (AvgIpc) is 2.68. The second kappa shape index (κ2) is 6.24. The molecule has 0 atom stereocenters. The van der Waals surface area contributed by atoms with Crippen LogP contribution in [0.1, 0.15) is 26.6 Å². The van der Waals surface area contributed by atoms with E-state index >= 15 is 0 Å². The molecule has 1 aromatic carbocycles. The lowest BCUT2D eigenvalue weighted by Crippen LogP contribution is -2.42. The Balaban J connectivity index is 2.39. The van der Waals surface area contributed by atoms with E-state index in [0.717, 1.165) is 11.3 Å². The highest BCUT2D eigenvalue weighted by atomic mass is 35.5. The summed E-state index contributed by atoms with van der Waals surface area (Å²) >= 11 is 12.0. The zero-order chi connectivity index (χ0) is 15.6. The molecular formula is C15H19Cl2N3O. The third-order valence-electron chi connectivity index (χ3n) is 2.94. The summed E-state index contributed by atoms with van der Waals surface area (Å²) in [5, 5.41) is 3.53. The van der Waals surface area contributed by atoms with Gasteiger partial charge in [-0.05, 0) is 32.9 Å². The van der Waals surface area contributed by atoms with E-state index in [1.54, 1.807) is 6.07 Å². The Hall–Kier alpha value is -1.26. The van der Waals surface area contributed by atoms with Crippen LogP contribution < -0.4 is 5.32 Å². The predicted octanol–water partition coefficient (Wildman–Crippen LogP) is 3.39. The summed E-state index contributed by atoms with van der Waals surface area (Å²) in [4.78, 5) is 16.7. The number of rotatable bonds is 4. The fraction of sp³-hybridized carbons (Fsp3) is 0.467. The largest absolute Gasteiger partial charge is 0.350 e. The Morgan fingerprint density at radius 3 is 2.71 bits per heavy atom. The minimum atomic E-state index is -0.266. The van der Waals surface area contributed by atoms with Crippen LogP contribution in [0.15, 0.2) is 18.2 Å². The average molecular weight is 328 g/mol. The first-order chi connectivity index (χ1) is 9.81. The number of aromatic nitrogens is 2. The van der Waals surface area contributed by atoms with Gasteiger partial charge in [0.15, 0.2) is 0 Å². The number of nitrogens with one attached hydrogen (secondary N) is 1. The van der Waals surface area contributed by atoms with Crippen molar-refractivity contribution in [2.75, 3.05) is 5.88 Å². The molecule has 114 valence electrons. The molecule has 0 aliphatic heterocycles. The van der Waals surface area contributed by atoms with Crippen molar-refractivity contribution in [3.05, 3.63) is 29.0 Å². The van der Waals surface area contributed by atoms with Gasteiger partial charge < -0.3 is 9.88 Å². The molecule has 0 aliphatic carbocycles. The number of fused-ring (bicyclic) bond motifs is 1. The summed E-state index contributed by atoms with van der Waals surface area (Å²) in [6.45, 7) is 6.06. The molecule has 21 heavy (non-hydrogen) atoms. The number of benzene rings is 1. The van der Waals surface area contributed by atoms with Gasteiger partial charge in [0.1, 0.15) is 17.9 Å². The summed E-state index contributed by atoms with van der Waals surface area (Å²) in [7, 11) is 0. The molecule has 0 spiro atoms. The molecule has 4 nitrogen and oxygen atoms in total. The topological polar surface area (TPSA) is 46.9 Å². The van der Waals surface area contributed by atoms with E-state index < -0.39 is 0 Å². The molecule has 6 heteroatoms. The van der Waals surface area contributed by atoms with Crippen LogP contribution in [0.4, 0.5) is 0 Å². The van der Waals surface area contributed by atoms with E-state index in [0.29, 0.717) is 22.8 Å². The standard InChI is InChI=1S/C15H19Cl2N3O/c1-15(2,3)19-13(21)9-20-11-6-4-5-10(17)14(11)18-12(20)7-8-16/h4-6H,7-9H2,1-3H3,(H,19,21). The number of nitrogens with zero attached hydrogens (tertiary/aromatic N) is 2. The highest BCUT2D eigenvalue weighted by Gasteiger charge is 2.18. The maximum Gasteiger partial charge on any atom is 0.240 e. The molecular weight excluding hydrogens is 309 g/mol. The SMILES string of the molecule is CC(C)(C)NC(=O)Cn1c(CCCl)nc2c(Cl)cccc21. The van der Waals surface area contributed by atoms with Crippen molar-refractivity contribution >= 4 is 40.1 Å². The fourth-order valence-electron chi connectivity index (χ4n) is 2.21. The van der Waals surface area contributed by atoms with Crippen molar-refractivity contribution in [1.82, 2.24) is 14.9 Å². The van der Waals surface area contributed by atoms with Crippen LogP contribution in [-0.4, -0.2) is 26.9 Å². The maximum atomic E-state index is 12.2. The summed E-state index contributed by atoms with van der Waals surface area (Å²) in [5.74, 6) is 1.16. The Bertz CT molecular complexity index is 659. The summed E-state index contributed by atoms with van der Waals surface area (Å²) in [6.07, 6.45) is 0.593. The van der Waals surface area contributed by atoms with Gasteiger partial charge in [-0.25, -0.2) is 4.98 Å². The molecule has 0 aliphatic rings. The summed E-state index contributed by atoms with van der Waals surface area (Å²) in [5.41, 5.74) is 1.30. The quantitative estimate of drug-likeness (QED) is 0.875. The Labute approximate surface area is 134 Å². The molecule has 0 radical (unpaired) electrons. The zero-order valence-corrected chi connectivity index (χ0v) is 13.9. The highest BCUT2D eigenvalue weighted by molar-refractivity contribution is 6.34. The third-order valence-corrected chi connectivity index (χ3v) is 3.44. The van der Waals surface area contributed by atoms with Crippen LogP contribution in [-0.2, 0) is 17.8 Å². The maximum absolute atomic E-state index is 12.2. The van der Waals surface area contributed by atoms with E-state index in [-0.39, 0.29) is 18.0 Å². The first-order valence-electron chi connectivity index (χ1n) is 6.82. The van der Waals surface area contributed by atoms with Gasteiger partial charge in [-0.1, -0.05) is 17.7 Å². The first-order valence-corrected chi connectivity index (χ1v) is 7.73. The van der Waals surface area contributed by atoms with Gasteiger partial charge in [-0.15, -0.1) is 11.6 Å². The lowest BCUT2D eigenvalue weighted by atomic mass is 10.1. The van der Waals surface area contributed by atoms with Crippen LogP contribution in [0.5, 0.6) is 0 Å². The second-order valence-electron chi connectivity index (χ2n) is 5.96. The monoisotopic (exact) mass is 327 g/mol. The molecule has 1 heterocycles. The van der Waals surface area contributed by atoms with E-state index in [4.69, 9.17) is 23.2 Å². The van der Waals surface area contributed by atoms with Gasteiger partial charge >= 0.3 is 0 Å². The van der Waals surface area contributed by atoms with Gasteiger partial charge in [-0.2, -0.15) is 0 Å². The summed E-state index contributed by atoms with van der Waals surface area (Å²) < 4.78 is 1.88. The van der Waals surface area contributed by atoms with E-state index in [2.05, 4.69) is 10.3 Å². The van der Waals surface area contributed by atoms with Crippen molar-refractivity contribution < 1.29 is 4.79 Å². The number of hydrogen-bond donors (Lipinski definition) is 1. The first kappa shape index (κ1) is 16.1. The van der Waals surface area contributed by atoms with Crippen molar-refractivity contribution in [1.29, 1.82) is 0 Å². The molecule has 0 unspecified atom stereocenters. The molecule has 0 bridgehead atoms. The van der Waals surface area contributed by atoms with Gasteiger partial charge in [0.05, 0.1) is 10.5 Å². The van der Waals surface area contributed by atoms with Gasteiger partial charge in [0.25, 0.3) is 0 Å². The van der Waals surface area contributed by atoms with Crippen LogP contribution in [0.2, 0.25) is 5.02 Å². The molecule has 0 saturated heterocycles. The number of carbonyl (C=O) groups is 1. The van der Waals surface area contributed by atoms with E-state index in [1.807, 2.05) is 37.5 Å². The normalized spacial score (nSPS) is 11.9. The van der Waals surface area contributed by atoms with Gasteiger partial charge in [-0.3, -0.25) is 4.79 Å². The molecule has 1 N–H and O–H groups in total. The second-order valence-corrected chi connectivity index (χ2v) is 6.74. The molecule has 0 fully saturated rings. The number of para-hydroxylation sites is 1. The van der Waals surface area contributed by atoms with E-state index in [1.165, 1.54) is 0 Å². The molecule has 0 saturated carbocycles. The molecule has 1 aromatic heterocycles. The van der Waals surface area contributed by atoms with Crippen molar-refractivity contribution in [2.24, 2.45) is 0 Å². The molecule has 2 aromatic rings. The fourth-order valence-corrected chi connectivity index (χ4v) is 2.59. The lowest BCUT2D eigenvalue weighted by Gasteiger charge is -2.21. The van der Waals surface area contributed by atoms with Crippen LogP contribution in [0.3, 0.4) is 0 Å². The van der Waals surface area contributed by atoms with Crippen molar-refractivity contribution in [3.63, 3.8) is 0 Å². The van der Waals surface area contributed by atoms with E-state index in [9.17, 15) is 4.79 Å². The summed E-state index contributed by atoms with van der Waals surface area (Å²) in [6, 6.07) is 5.56. The van der Waals surface area contributed by atoms with Crippen molar-refractivity contribution in [2.45, 2.75) is 39.3 Å². The van der Waals surface area contributed by atoms with Gasteiger partial charge in [0, 0.05) is 17.8 Å². The van der Waals surface area contributed by atoms with Crippen LogP contribution in [0, 0.1) is 0 Å². The Kier molecular flexibility index (Phi) is 4.79. The Morgan fingerprint density at radius 1 is 1.38 bits per heavy atom. The molecule has 2 rings (SSSR count). The smallest absolute Gasteiger partial charge is 0.240 e. The third kappa shape index (κ3) is 3.89. The minimum absolute atomic E-state index is 0.0578. The number of aryl methyl sites for hydroxylation is 1. The predicted molar refractivity (Wildman–Crippen MR) is 87.1 cm³/mol. The number of halogens is 2. The lowest BCUT2D eigenvalue weighted by molar-refractivity contribution is -0.123. The van der Waals surface area contributed by atoms with Crippen LogP contribution >= 0.6 is 23.2 Å². The number of hydrogen-bond acceptors (Lipinski definition) is 2. The zero-order valence-electron chi connectivity index (χ0n) is 12.4. The number of imidazole rings is 1. The minimum Gasteiger partial charge on any atom is -0.350 e. The Morgan fingerprint density at radius 2 is 2.10 bits per heavy atom. The van der Waals surface area contributed by atoms with Crippen LogP contribution in [0.25, 0.3) is 11.0 Å². The number of alkyl halides is 1. The molecule has 1 amide bonds. The van der Waals surface area contributed by atoms with Gasteiger partial charge in [0.2, 0.25) is 5.91 Å².